The molecule has 0 aliphatic rings. The van der Waals surface area contributed by atoms with E-state index < -0.39 is 0 Å². The van der Waals surface area contributed by atoms with E-state index in [1.165, 1.54) is 5.56 Å². The third kappa shape index (κ3) is 3.43. The molecule has 0 aromatic heterocycles. The number of rotatable bonds is 4. The van der Waals surface area contributed by atoms with Crippen LogP contribution in [0.15, 0.2) is 18.2 Å². The second-order valence-corrected chi connectivity index (χ2v) is 3.47. The molecule has 0 saturated heterocycles. The van der Waals surface area contributed by atoms with Crippen LogP contribution >= 0.6 is 0 Å². The van der Waals surface area contributed by atoms with Crippen molar-refractivity contribution in [3.05, 3.63) is 29.3 Å². The second-order valence-electron chi connectivity index (χ2n) is 3.47. The molecule has 0 heterocycles. The quantitative estimate of drug-likeness (QED) is 0.400. The molecule has 0 atom stereocenters. The molecule has 88 valence electrons. The first kappa shape index (κ1) is 12.3. The zero-order valence-corrected chi connectivity index (χ0v) is 9.54. The normalized spacial score (nSPS) is 9.69. The summed E-state index contributed by atoms with van der Waals surface area (Å²) >= 11 is 0. The molecule has 0 fully saturated rings. The van der Waals surface area contributed by atoms with Gasteiger partial charge in [0.2, 0.25) is 0 Å². The first-order valence-corrected chi connectivity index (χ1v) is 5.05. The molecule has 1 aromatic carbocycles. The van der Waals surface area contributed by atoms with Crippen LogP contribution in [0.25, 0.3) is 0 Å². The molecule has 4 N–H and O–H groups in total. The van der Waals surface area contributed by atoms with Crippen LogP contribution in [0.4, 0.5) is 4.79 Å². The number of methoxy groups -OCH3 is 1. The van der Waals surface area contributed by atoms with E-state index in [4.69, 9.17) is 10.6 Å². The van der Waals surface area contributed by atoms with Crippen molar-refractivity contribution in [3.63, 3.8) is 0 Å². The molecule has 0 bridgehead atoms. The average Bonchev–Trinajstić information content (AvgIpc) is 2.29. The van der Waals surface area contributed by atoms with Crippen LogP contribution in [0.2, 0.25) is 0 Å². The molecule has 0 saturated carbocycles. The number of benzene rings is 1. The van der Waals surface area contributed by atoms with E-state index in [1.54, 1.807) is 7.11 Å². The Morgan fingerprint density at radius 1 is 1.50 bits per heavy atom. The summed E-state index contributed by atoms with van der Waals surface area (Å²) in [5.41, 5.74) is 4.25. The molecule has 0 unspecified atom stereocenters. The third-order valence-corrected chi connectivity index (χ3v) is 2.25. The molecule has 5 heteroatoms. The summed E-state index contributed by atoms with van der Waals surface area (Å²) in [6.45, 7) is 2.53. The lowest BCUT2D eigenvalue weighted by molar-refractivity contribution is 0.241. The van der Waals surface area contributed by atoms with Gasteiger partial charge in [0.05, 0.1) is 7.11 Å². The minimum absolute atomic E-state index is 0.383. The van der Waals surface area contributed by atoms with Gasteiger partial charge in [0.15, 0.2) is 0 Å². The Bertz CT molecular complexity index is 366. The first-order chi connectivity index (χ1) is 7.67. The Labute approximate surface area is 94.9 Å². The van der Waals surface area contributed by atoms with Gasteiger partial charge in [-0.3, -0.25) is 5.43 Å². The van der Waals surface area contributed by atoms with Gasteiger partial charge in [-0.2, -0.15) is 0 Å². The molecule has 0 aliphatic carbocycles. The highest BCUT2D eigenvalue weighted by molar-refractivity contribution is 5.73. The van der Waals surface area contributed by atoms with Crippen molar-refractivity contribution in [1.29, 1.82) is 0 Å². The van der Waals surface area contributed by atoms with Crippen LogP contribution in [0.3, 0.4) is 0 Å². The van der Waals surface area contributed by atoms with Crippen molar-refractivity contribution in [3.8, 4) is 5.75 Å². The van der Waals surface area contributed by atoms with E-state index in [-0.39, 0.29) is 6.03 Å². The SMILES string of the molecule is COc1ccc(C)cc1CCNC(=O)NN. The van der Waals surface area contributed by atoms with Gasteiger partial charge in [-0.15, -0.1) is 0 Å². The Morgan fingerprint density at radius 2 is 2.25 bits per heavy atom. The topological polar surface area (TPSA) is 76.4 Å². The van der Waals surface area contributed by atoms with Crippen LogP contribution in [-0.2, 0) is 6.42 Å². The average molecular weight is 223 g/mol. The Morgan fingerprint density at radius 3 is 2.88 bits per heavy atom. The minimum Gasteiger partial charge on any atom is -0.496 e. The summed E-state index contributed by atoms with van der Waals surface area (Å²) in [6.07, 6.45) is 0.707. The molecule has 0 radical (unpaired) electrons. The Balaban J connectivity index is 2.58. The molecule has 16 heavy (non-hydrogen) atoms. The van der Waals surface area contributed by atoms with Crippen molar-refractivity contribution >= 4 is 6.03 Å². The lowest BCUT2D eigenvalue weighted by atomic mass is 10.1. The smallest absolute Gasteiger partial charge is 0.328 e. The molecule has 1 aromatic rings. The highest BCUT2D eigenvalue weighted by atomic mass is 16.5. The van der Waals surface area contributed by atoms with Crippen LogP contribution < -0.4 is 21.3 Å². The zero-order chi connectivity index (χ0) is 12.0. The summed E-state index contributed by atoms with van der Waals surface area (Å²) < 4.78 is 5.23. The molecule has 5 nitrogen and oxygen atoms in total. The second kappa shape index (κ2) is 5.97. The highest BCUT2D eigenvalue weighted by Gasteiger charge is 2.03. The number of nitrogens with two attached hydrogens (primary N) is 1. The maximum atomic E-state index is 10.8. The molecular formula is C11H17N3O2. The number of hydrogen-bond donors (Lipinski definition) is 3. The summed E-state index contributed by atoms with van der Waals surface area (Å²) in [4.78, 5) is 10.8. The fraction of sp³-hybridized carbons (Fsp3) is 0.364. The minimum atomic E-state index is -0.383. The Kier molecular flexibility index (Phi) is 4.60. The molecule has 0 aliphatic heterocycles. The Hall–Kier alpha value is -1.75. The van der Waals surface area contributed by atoms with Gasteiger partial charge in [0.25, 0.3) is 0 Å². The molecule has 2 amide bonds. The molecule has 1 rings (SSSR count). The standard InChI is InChI=1S/C11H17N3O2/c1-8-3-4-10(16-2)9(7-8)5-6-13-11(15)14-12/h3-4,7H,5-6,12H2,1-2H3,(H2,13,14,15). The fourth-order valence-electron chi connectivity index (χ4n) is 1.46. The maximum Gasteiger partial charge on any atom is 0.328 e. The number of ether oxygens (including phenoxy) is 1. The molecular weight excluding hydrogens is 206 g/mol. The van der Waals surface area contributed by atoms with Crippen LogP contribution in [0.5, 0.6) is 5.75 Å². The predicted molar refractivity (Wildman–Crippen MR) is 62.2 cm³/mol. The number of hydrazine groups is 1. The first-order valence-electron chi connectivity index (χ1n) is 5.05. The van der Waals surface area contributed by atoms with Crippen LogP contribution in [-0.4, -0.2) is 19.7 Å². The number of carbonyl (C=O) groups is 1. The molecule has 0 spiro atoms. The van der Waals surface area contributed by atoms with Crippen LogP contribution in [0, 0.1) is 6.92 Å². The van der Waals surface area contributed by atoms with E-state index in [9.17, 15) is 4.79 Å². The van der Waals surface area contributed by atoms with Crippen molar-refractivity contribution in [1.82, 2.24) is 10.7 Å². The number of urea groups is 1. The predicted octanol–water partition coefficient (Wildman–Crippen LogP) is 0.719. The largest absolute Gasteiger partial charge is 0.496 e. The lowest BCUT2D eigenvalue weighted by Gasteiger charge is -2.10. The van der Waals surface area contributed by atoms with Crippen LogP contribution in [0.1, 0.15) is 11.1 Å². The number of nitrogens with one attached hydrogen (secondary N) is 2. The van der Waals surface area contributed by atoms with Gasteiger partial charge in [-0.05, 0) is 25.0 Å². The maximum absolute atomic E-state index is 10.8. The van der Waals surface area contributed by atoms with Crippen molar-refractivity contribution in [2.24, 2.45) is 5.84 Å². The number of aryl methyl sites for hydroxylation is 1. The van der Waals surface area contributed by atoms with Gasteiger partial charge in [0, 0.05) is 6.54 Å². The summed E-state index contributed by atoms with van der Waals surface area (Å²) in [6, 6.07) is 5.57. The van der Waals surface area contributed by atoms with Crippen molar-refractivity contribution in [2.45, 2.75) is 13.3 Å². The van der Waals surface area contributed by atoms with Crippen molar-refractivity contribution < 1.29 is 9.53 Å². The van der Waals surface area contributed by atoms with Gasteiger partial charge >= 0.3 is 6.03 Å². The van der Waals surface area contributed by atoms with E-state index in [0.717, 1.165) is 11.3 Å². The monoisotopic (exact) mass is 223 g/mol. The van der Waals surface area contributed by atoms with Crippen molar-refractivity contribution in [2.75, 3.05) is 13.7 Å². The third-order valence-electron chi connectivity index (χ3n) is 2.25. The van der Waals surface area contributed by atoms with Gasteiger partial charge in [-0.1, -0.05) is 17.7 Å². The zero-order valence-electron chi connectivity index (χ0n) is 9.54. The van der Waals surface area contributed by atoms with E-state index >= 15 is 0 Å². The van der Waals surface area contributed by atoms with E-state index in [2.05, 4.69) is 5.32 Å². The summed E-state index contributed by atoms with van der Waals surface area (Å²) in [5.74, 6) is 5.78. The van der Waals surface area contributed by atoms with Gasteiger partial charge in [-0.25, -0.2) is 10.6 Å². The number of hydrogen-bond acceptors (Lipinski definition) is 3. The fourth-order valence-corrected chi connectivity index (χ4v) is 1.46. The number of amides is 2. The van der Waals surface area contributed by atoms with Gasteiger partial charge < -0.3 is 10.1 Å². The highest BCUT2D eigenvalue weighted by Crippen LogP contribution is 2.19. The number of carbonyl (C=O) groups excluding carboxylic acids is 1. The van der Waals surface area contributed by atoms with E-state index in [0.29, 0.717) is 13.0 Å². The lowest BCUT2D eigenvalue weighted by Crippen LogP contribution is -2.40. The van der Waals surface area contributed by atoms with E-state index in [1.807, 2.05) is 30.5 Å². The summed E-state index contributed by atoms with van der Waals surface area (Å²) in [7, 11) is 1.63. The summed E-state index contributed by atoms with van der Waals surface area (Å²) in [5, 5.41) is 2.62. The van der Waals surface area contributed by atoms with Gasteiger partial charge in [0.1, 0.15) is 5.75 Å².